The predicted molar refractivity (Wildman–Crippen MR) is 129 cm³/mol. The first-order valence-electron chi connectivity index (χ1n) is 11.0. The van der Waals surface area contributed by atoms with E-state index in [1.54, 1.807) is 58.3 Å². The maximum absolute atomic E-state index is 13.5. The number of carbonyl (C=O) groups excluding carboxylic acids is 2. The second kappa shape index (κ2) is 9.62. The fourth-order valence-electron chi connectivity index (χ4n) is 3.92. The molecular weight excluding hydrogens is 442 g/mol. The number of nitrogens with zero attached hydrogens (tertiary/aromatic N) is 4. The fourth-order valence-corrected chi connectivity index (χ4v) is 4.05. The predicted octanol–water partition coefficient (Wildman–Crippen LogP) is 4.01. The van der Waals surface area contributed by atoms with Gasteiger partial charge >= 0.3 is 6.03 Å². The van der Waals surface area contributed by atoms with Crippen molar-refractivity contribution in [3.8, 4) is 0 Å². The first kappa shape index (κ1) is 22.8. The Labute approximate surface area is 196 Å². The van der Waals surface area contributed by atoms with Crippen LogP contribution >= 0.6 is 11.6 Å². The Balaban J connectivity index is 1.53. The molecule has 0 unspecified atom stereocenters. The number of benzene rings is 2. The Morgan fingerprint density at radius 2 is 1.58 bits per heavy atom. The van der Waals surface area contributed by atoms with Crippen molar-refractivity contribution in [1.82, 2.24) is 19.6 Å². The summed E-state index contributed by atoms with van der Waals surface area (Å²) in [5, 5.41) is 8.92. The summed E-state index contributed by atoms with van der Waals surface area (Å²) in [7, 11) is 0. The first-order valence-corrected chi connectivity index (χ1v) is 11.4. The van der Waals surface area contributed by atoms with Gasteiger partial charge in [-0.25, -0.2) is 9.48 Å². The minimum Gasteiger partial charge on any atom is -0.335 e. The van der Waals surface area contributed by atoms with Crippen molar-refractivity contribution in [2.75, 3.05) is 31.5 Å². The molecule has 9 heteroatoms. The third-order valence-electron chi connectivity index (χ3n) is 5.69. The van der Waals surface area contributed by atoms with Gasteiger partial charge in [-0.05, 0) is 50.6 Å². The van der Waals surface area contributed by atoms with Crippen LogP contribution in [0.25, 0.3) is 10.8 Å². The van der Waals surface area contributed by atoms with Gasteiger partial charge in [-0.2, -0.15) is 5.10 Å². The molecular formula is C24H26ClN5O3. The highest BCUT2D eigenvalue weighted by Crippen LogP contribution is 2.18. The Kier molecular flexibility index (Phi) is 6.65. The quantitative estimate of drug-likeness (QED) is 0.630. The van der Waals surface area contributed by atoms with Gasteiger partial charge in [0.25, 0.3) is 11.5 Å². The second-order valence-electron chi connectivity index (χ2n) is 8.31. The number of carbonyl (C=O) groups is 2. The average molecular weight is 468 g/mol. The molecule has 1 N–H and O–H groups in total. The maximum Gasteiger partial charge on any atom is 0.321 e. The van der Waals surface area contributed by atoms with Crippen molar-refractivity contribution in [3.63, 3.8) is 0 Å². The van der Waals surface area contributed by atoms with E-state index in [0.717, 1.165) is 0 Å². The highest BCUT2D eigenvalue weighted by molar-refractivity contribution is 6.30. The van der Waals surface area contributed by atoms with E-state index in [0.29, 0.717) is 54.1 Å². The van der Waals surface area contributed by atoms with Gasteiger partial charge in [0, 0.05) is 42.3 Å². The lowest BCUT2D eigenvalue weighted by Crippen LogP contribution is -2.40. The van der Waals surface area contributed by atoms with Crippen molar-refractivity contribution in [2.24, 2.45) is 0 Å². The molecule has 0 spiro atoms. The Morgan fingerprint density at radius 1 is 0.939 bits per heavy atom. The normalized spacial score (nSPS) is 14.4. The third-order valence-corrected chi connectivity index (χ3v) is 5.94. The van der Waals surface area contributed by atoms with Gasteiger partial charge in [0.05, 0.1) is 11.4 Å². The van der Waals surface area contributed by atoms with Crippen LogP contribution in [0, 0.1) is 0 Å². The molecule has 1 aromatic heterocycles. The molecule has 0 saturated carbocycles. The van der Waals surface area contributed by atoms with Gasteiger partial charge in [-0.1, -0.05) is 29.8 Å². The number of aromatic nitrogens is 2. The van der Waals surface area contributed by atoms with Crippen LogP contribution in [0.3, 0.4) is 0 Å². The summed E-state index contributed by atoms with van der Waals surface area (Å²) in [6.45, 7) is 5.53. The van der Waals surface area contributed by atoms with Crippen molar-refractivity contribution < 1.29 is 9.59 Å². The Morgan fingerprint density at radius 3 is 2.27 bits per heavy atom. The summed E-state index contributed by atoms with van der Waals surface area (Å²) >= 11 is 5.90. The molecule has 0 atom stereocenters. The lowest BCUT2D eigenvalue weighted by atomic mass is 10.1. The van der Waals surface area contributed by atoms with E-state index in [1.165, 1.54) is 4.68 Å². The number of nitrogens with one attached hydrogen (secondary N) is 1. The summed E-state index contributed by atoms with van der Waals surface area (Å²) in [5.41, 5.74) is 0.712. The van der Waals surface area contributed by atoms with E-state index in [2.05, 4.69) is 10.4 Å². The second-order valence-corrected chi connectivity index (χ2v) is 8.74. The minimum absolute atomic E-state index is 0.176. The summed E-state index contributed by atoms with van der Waals surface area (Å²) < 4.78 is 1.36. The molecule has 0 radical (unpaired) electrons. The van der Waals surface area contributed by atoms with Crippen LogP contribution in [0.2, 0.25) is 5.02 Å². The smallest absolute Gasteiger partial charge is 0.321 e. The maximum atomic E-state index is 13.5. The van der Waals surface area contributed by atoms with Crippen LogP contribution in [0.5, 0.6) is 0 Å². The highest BCUT2D eigenvalue weighted by Gasteiger charge is 2.26. The lowest BCUT2D eigenvalue weighted by Gasteiger charge is -2.23. The van der Waals surface area contributed by atoms with E-state index >= 15 is 0 Å². The van der Waals surface area contributed by atoms with Crippen molar-refractivity contribution in [2.45, 2.75) is 26.3 Å². The summed E-state index contributed by atoms with van der Waals surface area (Å²) in [5.74, 6) is -0.236. The summed E-state index contributed by atoms with van der Waals surface area (Å²) in [6, 6.07) is 13.6. The Bertz CT molecular complexity index is 1240. The largest absolute Gasteiger partial charge is 0.335 e. The third kappa shape index (κ3) is 4.85. The van der Waals surface area contributed by atoms with E-state index < -0.39 is 0 Å². The van der Waals surface area contributed by atoms with E-state index in [9.17, 15) is 14.4 Å². The van der Waals surface area contributed by atoms with Crippen molar-refractivity contribution in [1.29, 1.82) is 0 Å². The lowest BCUT2D eigenvalue weighted by molar-refractivity contribution is 0.0756. The number of rotatable bonds is 3. The number of hydrogen-bond acceptors (Lipinski definition) is 4. The van der Waals surface area contributed by atoms with E-state index in [1.807, 2.05) is 13.8 Å². The SMILES string of the molecule is CC(C)n1nc(C(=O)N2CCCN(C(=O)Nc3ccc(Cl)cc3)CC2)c2ccccc2c1=O. The minimum atomic E-state index is -0.236. The molecule has 4 rings (SSSR count). The molecule has 1 aliphatic rings. The molecule has 2 aromatic carbocycles. The molecule has 1 fully saturated rings. The molecule has 172 valence electrons. The average Bonchev–Trinajstić information content (AvgIpc) is 3.07. The molecule has 0 aliphatic carbocycles. The summed E-state index contributed by atoms with van der Waals surface area (Å²) in [4.78, 5) is 42.4. The number of fused-ring (bicyclic) bond motifs is 1. The van der Waals surface area contributed by atoms with Gasteiger partial charge < -0.3 is 15.1 Å². The van der Waals surface area contributed by atoms with Gasteiger partial charge in [0.15, 0.2) is 5.69 Å². The highest BCUT2D eigenvalue weighted by atomic mass is 35.5. The van der Waals surface area contributed by atoms with Crippen LogP contribution in [-0.4, -0.2) is 57.7 Å². The number of amides is 3. The standard InChI is InChI=1S/C24H26ClN5O3/c1-16(2)30-22(31)20-7-4-3-6-19(20)21(27-30)23(32)28-12-5-13-29(15-14-28)24(33)26-18-10-8-17(25)9-11-18/h3-4,6-11,16H,5,12-15H2,1-2H3,(H,26,33). The monoisotopic (exact) mass is 467 g/mol. The van der Waals surface area contributed by atoms with Crippen LogP contribution in [0.15, 0.2) is 53.3 Å². The number of urea groups is 1. The molecule has 1 aliphatic heterocycles. The molecule has 8 nitrogen and oxygen atoms in total. The van der Waals surface area contributed by atoms with Crippen LogP contribution in [0.4, 0.5) is 10.5 Å². The fraction of sp³-hybridized carbons (Fsp3) is 0.333. The van der Waals surface area contributed by atoms with E-state index in [4.69, 9.17) is 11.6 Å². The number of anilines is 1. The molecule has 3 aromatic rings. The number of hydrogen-bond donors (Lipinski definition) is 1. The van der Waals surface area contributed by atoms with E-state index in [-0.39, 0.29) is 29.2 Å². The van der Waals surface area contributed by atoms with Crippen LogP contribution in [0.1, 0.15) is 36.8 Å². The molecule has 33 heavy (non-hydrogen) atoms. The topological polar surface area (TPSA) is 87.5 Å². The number of halogens is 1. The van der Waals surface area contributed by atoms with Gasteiger partial charge in [0.2, 0.25) is 0 Å². The zero-order valence-corrected chi connectivity index (χ0v) is 19.4. The Hall–Kier alpha value is -3.39. The van der Waals surface area contributed by atoms with Crippen LogP contribution in [-0.2, 0) is 0 Å². The molecule has 2 heterocycles. The molecule has 3 amide bonds. The van der Waals surface area contributed by atoms with Gasteiger partial charge in [0.1, 0.15) is 0 Å². The molecule has 1 saturated heterocycles. The zero-order valence-electron chi connectivity index (χ0n) is 18.6. The first-order chi connectivity index (χ1) is 15.8. The van der Waals surface area contributed by atoms with Crippen molar-refractivity contribution in [3.05, 3.63) is 69.6 Å². The van der Waals surface area contributed by atoms with Crippen LogP contribution < -0.4 is 10.9 Å². The summed E-state index contributed by atoms with van der Waals surface area (Å²) in [6.07, 6.45) is 0.640. The van der Waals surface area contributed by atoms with Crippen molar-refractivity contribution >= 4 is 40.0 Å². The zero-order chi connectivity index (χ0) is 23.5. The molecule has 0 bridgehead atoms. The van der Waals surface area contributed by atoms with Gasteiger partial charge in [-0.15, -0.1) is 0 Å². The van der Waals surface area contributed by atoms with Gasteiger partial charge in [-0.3, -0.25) is 9.59 Å².